The van der Waals surface area contributed by atoms with Gasteiger partial charge >= 0.3 is 6.18 Å². The monoisotopic (exact) mass is 289 g/mol. The van der Waals surface area contributed by atoms with Gasteiger partial charge in [0.1, 0.15) is 0 Å². The first-order valence-corrected chi connectivity index (χ1v) is 6.78. The van der Waals surface area contributed by atoms with Crippen molar-refractivity contribution in [2.45, 2.75) is 45.5 Å². The van der Waals surface area contributed by atoms with Crippen LogP contribution in [-0.4, -0.2) is 17.8 Å². The molecule has 0 heterocycles. The lowest BCUT2D eigenvalue weighted by Gasteiger charge is -2.19. The summed E-state index contributed by atoms with van der Waals surface area (Å²) in [7, 11) is 0. The Hall–Kier alpha value is -1.07. The number of hydrogen-bond acceptors (Lipinski definition) is 2. The second-order valence-corrected chi connectivity index (χ2v) is 5.44. The van der Waals surface area contributed by atoms with E-state index in [0.29, 0.717) is 18.9 Å². The number of aliphatic hydroxyl groups is 1. The van der Waals surface area contributed by atoms with E-state index in [1.807, 2.05) is 13.8 Å². The summed E-state index contributed by atoms with van der Waals surface area (Å²) in [6.45, 7) is 6.40. The molecule has 0 aromatic heterocycles. The van der Waals surface area contributed by atoms with Crippen molar-refractivity contribution in [3.63, 3.8) is 0 Å². The van der Waals surface area contributed by atoms with Crippen LogP contribution in [0.4, 0.5) is 13.2 Å². The number of halogens is 3. The van der Waals surface area contributed by atoms with Crippen LogP contribution in [0.25, 0.3) is 0 Å². The topological polar surface area (TPSA) is 32.3 Å². The average molecular weight is 289 g/mol. The summed E-state index contributed by atoms with van der Waals surface area (Å²) >= 11 is 0. The highest BCUT2D eigenvalue weighted by Crippen LogP contribution is 2.29. The van der Waals surface area contributed by atoms with E-state index >= 15 is 0 Å². The molecule has 0 aliphatic carbocycles. The lowest BCUT2D eigenvalue weighted by Crippen LogP contribution is -2.26. The number of rotatable bonds is 6. The maximum absolute atomic E-state index is 12.5. The molecular formula is C15H22F3NO. The van der Waals surface area contributed by atoms with Crippen LogP contribution < -0.4 is 5.32 Å². The van der Waals surface area contributed by atoms with Gasteiger partial charge < -0.3 is 10.4 Å². The quantitative estimate of drug-likeness (QED) is 0.835. The van der Waals surface area contributed by atoms with Crippen molar-refractivity contribution < 1.29 is 18.3 Å². The van der Waals surface area contributed by atoms with Crippen molar-refractivity contribution in [1.29, 1.82) is 0 Å². The molecule has 0 bridgehead atoms. The standard InChI is InChI=1S/C15H22F3NO/c1-10(8-11(2)20)9-19-12(3)13-4-6-14(7-5-13)15(16,17)18/h4-7,10-12,19-20H,8-9H2,1-3H3. The fourth-order valence-electron chi connectivity index (χ4n) is 2.12. The van der Waals surface area contributed by atoms with E-state index < -0.39 is 11.7 Å². The summed E-state index contributed by atoms with van der Waals surface area (Å²) in [6.07, 6.45) is -3.93. The maximum Gasteiger partial charge on any atom is 0.416 e. The van der Waals surface area contributed by atoms with Crippen LogP contribution >= 0.6 is 0 Å². The molecule has 1 aromatic carbocycles. The first-order valence-electron chi connectivity index (χ1n) is 6.78. The number of aliphatic hydroxyl groups excluding tert-OH is 1. The first-order chi connectivity index (χ1) is 9.20. The molecule has 0 radical (unpaired) electrons. The molecule has 0 fully saturated rings. The molecule has 1 aromatic rings. The fraction of sp³-hybridized carbons (Fsp3) is 0.600. The number of nitrogens with one attached hydrogen (secondary N) is 1. The van der Waals surface area contributed by atoms with Crippen LogP contribution in [0.5, 0.6) is 0 Å². The van der Waals surface area contributed by atoms with Gasteiger partial charge in [0.05, 0.1) is 11.7 Å². The Bertz CT molecular complexity index is 401. The SMILES string of the molecule is CC(O)CC(C)CNC(C)c1ccc(C(F)(F)F)cc1. The third kappa shape index (κ3) is 5.51. The van der Waals surface area contributed by atoms with Gasteiger partial charge in [-0.15, -0.1) is 0 Å². The van der Waals surface area contributed by atoms with Gasteiger partial charge in [-0.25, -0.2) is 0 Å². The fourth-order valence-corrected chi connectivity index (χ4v) is 2.12. The highest BCUT2D eigenvalue weighted by atomic mass is 19.4. The molecule has 0 spiro atoms. The summed E-state index contributed by atoms with van der Waals surface area (Å²) in [4.78, 5) is 0. The Morgan fingerprint density at radius 2 is 1.65 bits per heavy atom. The van der Waals surface area contributed by atoms with Crippen LogP contribution in [0.2, 0.25) is 0 Å². The molecule has 20 heavy (non-hydrogen) atoms. The van der Waals surface area contributed by atoms with E-state index in [1.165, 1.54) is 12.1 Å². The van der Waals surface area contributed by atoms with Crippen LogP contribution in [0, 0.1) is 5.92 Å². The van der Waals surface area contributed by atoms with Gasteiger partial charge in [0.25, 0.3) is 0 Å². The lowest BCUT2D eigenvalue weighted by atomic mass is 10.0. The Balaban J connectivity index is 2.54. The van der Waals surface area contributed by atoms with E-state index in [1.54, 1.807) is 6.92 Å². The minimum Gasteiger partial charge on any atom is -0.393 e. The molecule has 2 nitrogen and oxygen atoms in total. The number of hydrogen-bond donors (Lipinski definition) is 2. The Morgan fingerprint density at radius 3 is 2.10 bits per heavy atom. The Morgan fingerprint density at radius 1 is 1.10 bits per heavy atom. The second kappa shape index (κ2) is 7.09. The molecule has 3 unspecified atom stereocenters. The van der Waals surface area contributed by atoms with Crippen LogP contribution in [0.3, 0.4) is 0 Å². The molecule has 5 heteroatoms. The van der Waals surface area contributed by atoms with Crippen LogP contribution in [0.1, 0.15) is 44.4 Å². The van der Waals surface area contributed by atoms with Crippen molar-refractivity contribution in [2.24, 2.45) is 5.92 Å². The zero-order valence-corrected chi connectivity index (χ0v) is 12.0. The largest absolute Gasteiger partial charge is 0.416 e. The van der Waals surface area contributed by atoms with Gasteiger partial charge in [-0.1, -0.05) is 19.1 Å². The minimum atomic E-state index is -4.29. The van der Waals surface area contributed by atoms with E-state index in [9.17, 15) is 18.3 Å². The molecule has 1 rings (SSSR count). The van der Waals surface area contributed by atoms with Gasteiger partial charge in [-0.3, -0.25) is 0 Å². The maximum atomic E-state index is 12.5. The highest BCUT2D eigenvalue weighted by molar-refractivity contribution is 5.26. The number of benzene rings is 1. The molecule has 0 aliphatic heterocycles. The normalized spacial score (nSPS) is 16.8. The molecule has 2 N–H and O–H groups in total. The molecule has 3 atom stereocenters. The first kappa shape index (κ1) is 17.0. The predicted molar refractivity (Wildman–Crippen MR) is 73.3 cm³/mol. The predicted octanol–water partition coefficient (Wildman–Crippen LogP) is 3.76. The van der Waals surface area contributed by atoms with Crippen LogP contribution in [0.15, 0.2) is 24.3 Å². The third-order valence-electron chi connectivity index (χ3n) is 3.25. The molecule has 0 saturated heterocycles. The van der Waals surface area contributed by atoms with E-state index in [-0.39, 0.29) is 12.1 Å². The summed E-state index contributed by atoms with van der Waals surface area (Å²) in [5.41, 5.74) is 0.193. The lowest BCUT2D eigenvalue weighted by molar-refractivity contribution is -0.137. The second-order valence-electron chi connectivity index (χ2n) is 5.44. The van der Waals surface area contributed by atoms with Crippen molar-refractivity contribution in [3.05, 3.63) is 35.4 Å². The van der Waals surface area contributed by atoms with Gasteiger partial charge in [0.2, 0.25) is 0 Å². The summed E-state index contributed by atoms with van der Waals surface area (Å²) < 4.78 is 37.4. The highest BCUT2D eigenvalue weighted by Gasteiger charge is 2.30. The van der Waals surface area contributed by atoms with Crippen molar-refractivity contribution in [3.8, 4) is 0 Å². The number of alkyl halides is 3. The molecule has 0 saturated carbocycles. The van der Waals surface area contributed by atoms with Crippen molar-refractivity contribution >= 4 is 0 Å². The summed E-state index contributed by atoms with van der Waals surface area (Å²) in [6, 6.07) is 5.19. The molecule has 0 aliphatic rings. The van der Waals surface area contributed by atoms with Gasteiger partial charge in [0, 0.05) is 6.04 Å². The van der Waals surface area contributed by atoms with Gasteiger partial charge in [-0.05, 0) is 50.4 Å². The zero-order chi connectivity index (χ0) is 15.3. The molecule has 114 valence electrons. The molecular weight excluding hydrogens is 267 g/mol. The minimum absolute atomic E-state index is 0.0197. The van der Waals surface area contributed by atoms with E-state index in [0.717, 1.165) is 17.7 Å². The Kier molecular flexibility index (Phi) is 6.02. The summed E-state index contributed by atoms with van der Waals surface area (Å²) in [5, 5.41) is 12.5. The average Bonchev–Trinajstić information content (AvgIpc) is 2.34. The Labute approximate surface area is 118 Å². The van der Waals surface area contributed by atoms with E-state index in [2.05, 4.69) is 5.32 Å². The smallest absolute Gasteiger partial charge is 0.393 e. The van der Waals surface area contributed by atoms with Crippen molar-refractivity contribution in [2.75, 3.05) is 6.54 Å². The van der Waals surface area contributed by atoms with Gasteiger partial charge in [0.15, 0.2) is 0 Å². The molecule has 0 amide bonds. The summed E-state index contributed by atoms with van der Waals surface area (Å²) in [5.74, 6) is 0.312. The third-order valence-corrected chi connectivity index (χ3v) is 3.25. The zero-order valence-electron chi connectivity index (χ0n) is 12.0. The van der Waals surface area contributed by atoms with Gasteiger partial charge in [-0.2, -0.15) is 13.2 Å². The van der Waals surface area contributed by atoms with Crippen LogP contribution in [-0.2, 0) is 6.18 Å². The van der Waals surface area contributed by atoms with E-state index in [4.69, 9.17) is 0 Å². The van der Waals surface area contributed by atoms with Crippen molar-refractivity contribution in [1.82, 2.24) is 5.32 Å².